The van der Waals surface area contributed by atoms with Crippen LogP contribution in [0.5, 0.6) is 0 Å². The van der Waals surface area contributed by atoms with Crippen molar-refractivity contribution in [3.05, 3.63) is 67.7 Å². The minimum atomic E-state index is 0.190. The first-order chi connectivity index (χ1) is 10.2. The molecule has 1 nitrogen and oxygen atoms in total. The molecule has 0 saturated heterocycles. The summed E-state index contributed by atoms with van der Waals surface area (Å²) in [6.07, 6.45) is 4.08. The van der Waals surface area contributed by atoms with Crippen molar-refractivity contribution in [2.45, 2.75) is 31.2 Å². The molecule has 0 aromatic heterocycles. The molecule has 3 heteroatoms. The lowest BCUT2D eigenvalue weighted by Gasteiger charge is -2.26. The van der Waals surface area contributed by atoms with Crippen LogP contribution in [0.2, 0.25) is 5.02 Å². The van der Waals surface area contributed by atoms with Crippen LogP contribution in [-0.2, 0) is 0 Å². The highest BCUT2D eigenvalue weighted by molar-refractivity contribution is 14.1. The van der Waals surface area contributed by atoms with E-state index in [9.17, 15) is 0 Å². The highest BCUT2D eigenvalue weighted by atomic mass is 127. The Balaban J connectivity index is 1.86. The van der Waals surface area contributed by atoms with E-state index in [0.717, 1.165) is 14.5 Å². The van der Waals surface area contributed by atoms with Gasteiger partial charge in [0, 0.05) is 3.57 Å². The van der Waals surface area contributed by atoms with E-state index in [4.69, 9.17) is 11.6 Å². The van der Waals surface area contributed by atoms with Crippen LogP contribution in [0.25, 0.3) is 0 Å². The van der Waals surface area contributed by atoms with Crippen molar-refractivity contribution >= 4 is 34.2 Å². The summed E-state index contributed by atoms with van der Waals surface area (Å²) in [7, 11) is 2.00. The molecule has 0 amide bonds. The third kappa shape index (κ3) is 3.27. The maximum absolute atomic E-state index is 6.26. The van der Waals surface area contributed by atoms with Gasteiger partial charge >= 0.3 is 0 Å². The predicted molar refractivity (Wildman–Crippen MR) is 98.1 cm³/mol. The molecule has 1 saturated carbocycles. The molecule has 1 unspecified atom stereocenters. The van der Waals surface area contributed by atoms with Crippen molar-refractivity contribution in [2.24, 2.45) is 0 Å². The van der Waals surface area contributed by atoms with Crippen molar-refractivity contribution in [1.82, 2.24) is 5.32 Å². The Labute approximate surface area is 145 Å². The van der Waals surface area contributed by atoms with Gasteiger partial charge in [-0.2, -0.15) is 0 Å². The molecule has 1 N–H and O–H groups in total. The summed E-state index contributed by atoms with van der Waals surface area (Å²) in [5.41, 5.74) is 3.98. The molecule has 2 aromatic rings. The van der Waals surface area contributed by atoms with Gasteiger partial charge in [0.1, 0.15) is 0 Å². The van der Waals surface area contributed by atoms with Gasteiger partial charge in [-0.15, -0.1) is 0 Å². The molecule has 1 aliphatic carbocycles. The Morgan fingerprint density at radius 2 is 1.76 bits per heavy atom. The molecule has 0 heterocycles. The Hall–Kier alpha value is -0.580. The topological polar surface area (TPSA) is 12.0 Å². The fraction of sp³-hybridized carbons (Fsp3) is 0.333. The van der Waals surface area contributed by atoms with Crippen molar-refractivity contribution in [2.75, 3.05) is 7.05 Å². The summed E-state index contributed by atoms with van der Waals surface area (Å²) in [6.45, 7) is 0. The minimum Gasteiger partial charge on any atom is -0.309 e. The van der Waals surface area contributed by atoms with Gasteiger partial charge in [0.05, 0.1) is 11.1 Å². The molecule has 110 valence electrons. The number of benzene rings is 2. The van der Waals surface area contributed by atoms with Crippen molar-refractivity contribution in [1.29, 1.82) is 0 Å². The summed E-state index contributed by atoms with van der Waals surface area (Å²) < 4.78 is 1.09. The summed E-state index contributed by atoms with van der Waals surface area (Å²) in [6, 6.07) is 15.6. The zero-order valence-electron chi connectivity index (χ0n) is 12.1. The molecule has 21 heavy (non-hydrogen) atoms. The lowest BCUT2D eigenvalue weighted by atomic mass is 9.79. The van der Waals surface area contributed by atoms with E-state index in [2.05, 4.69) is 70.4 Å². The third-order valence-electron chi connectivity index (χ3n) is 4.41. The first-order valence-corrected chi connectivity index (χ1v) is 8.87. The molecule has 1 fully saturated rings. The van der Waals surface area contributed by atoms with Crippen LogP contribution >= 0.6 is 34.2 Å². The minimum absolute atomic E-state index is 0.190. The summed E-state index contributed by atoms with van der Waals surface area (Å²) in [5, 5.41) is 4.22. The fourth-order valence-corrected chi connectivity index (χ4v) is 3.44. The highest BCUT2D eigenvalue weighted by Gasteiger charge is 2.20. The maximum Gasteiger partial charge on any atom is 0.0574 e. The van der Waals surface area contributed by atoms with Crippen LogP contribution in [-0.4, -0.2) is 7.05 Å². The van der Waals surface area contributed by atoms with E-state index >= 15 is 0 Å². The smallest absolute Gasteiger partial charge is 0.0574 e. The SMILES string of the molecule is CNC(c1ccc(C2CCC2)cc1)c1ccc(I)c(Cl)c1. The monoisotopic (exact) mass is 411 g/mol. The third-order valence-corrected chi connectivity index (χ3v) is 5.98. The molecule has 0 bridgehead atoms. The van der Waals surface area contributed by atoms with E-state index in [1.54, 1.807) is 0 Å². The van der Waals surface area contributed by atoms with Crippen molar-refractivity contribution < 1.29 is 0 Å². The largest absolute Gasteiger partial charge is 0.309 e. The molecule has 0 radical (unpaired) electrons. The summed E-state index contributed by atoms with van der Waals surface area (Å²) >= 11 is 8.52. The van der Waals surface area contributed by atoms with Gasteiger partial charge in [-0.05, 0) is 77.2 Å². The first-order valence-electron chi connectivity index (χ1n) is 7.41. The average Bonchev–Trinajstić information content (AvgIpc) is 2.43. The van der Waals surface area contributed by atoms with Crippen LogP contribution in [0.3, 0.4) is 0 Å². The van der Waals surface area contributed by atoms with Gasteiger partial charge in [-0.25, -0.2) is 0 Å². The Kier molecular flexibility index (Phi) is 4.87. The van der Waals surface area contributed by atoms with Crippen LogP contribution < -0.4 is 5.32 Å². The van der Waals surface area contributed by atoms with Crippen LogP contribution in [0, 0.1) is 3.57 Å². The number of hydrogen-bond acceptors (Lipinski definition) is 1. The molecule has 2 aromatic carbocycles. The number of rotatable bonds is 4. The van der Waals surface area contributed by atoms with Crippen LogP contribution in [0.1, 0.15) is 47.9 Å². The van der Waals surface area contributed by atoms with E-state index in [-0.39, 0.29) is 6.04 Å². The lowest BCUT2D eigenvalue weighted by Crippen LogP contribution is -2.18. The zero-order valence-corrected chi connectivity index (χ0v) is 15.0. The Morgan fingerprint density at radius 1 is 1.10 bits per heavy atom. The van der Waals surface area contributed by atoms with Gasteiger partial charge < -0.3 is 5.32 Å². The van der Waals surface area contributed by atoms with Crippen LogP contribution in [0.4, 0.5) is 0 Å². The van der Waals surface area contributed by atoms with E-state index in [1.165, 1.54) is 36.0 Å². The Morgan fingerprint density at radius 3 is 2.29 bits per heavy atom. The van der Waals surface area contributed by atoms with E-state index in [0.29, 0.717) is 0 Å². The number of nitrogens with one attached hydrogen (secondary N) is 1. The quantitative estimate of drug-likeness (QED) is 0.653. The van der Waals surface area contributed by atoms with Crippen molar-refractivity contribution in [3.63, 3.8) is 0 Å². The molecular weight excluding hydrogens is 393 g/mol. The second kappa shape index (κ2) is 6.67. The van der Waals surface area contributed by atoms with Gasteiger partial charge in [-0.1, -0.05) is 48.4 Å². The molecule has 0 aliphatic heterocycles. The zero-order chi connectivity index (χ0) is 14.8. The molecule has 3 rings (SSSR count). The maximum atomic E-state index is 6.26. The average molecular weight is 412 g/mol. The number of halogens is 2. The number of hydrogen-bond donors (Lipinski definition) is 1. The summed E-state index contributed by atoms with van der Waals surface area (Å²) in [5.74, 6) is 0.792. The molecule has 0 spiro atoms. The predicted octanol–water partition coefficient (Wildman–Crippen LogP) is 5.52. The van der Waals surface area contributed by atoms with E-state index < -0.39 is 0 Å². The summed E-state index contributed by atoms with van der Waals surface area (Å²) in [4.78, 5) is 0. The fourth-order valence-electron chi connectivity index (χ4n) is 2.92. The highest BCUT2D eigenvalue weighted by Crippen LogP contribution is 2.37. The van der Waals surface area contributed by atoms with Crippen LogP contribution in [0.15, 0.2) is 42.5 Å². The normalized spacial score (nSPS) is 16.5. The molecule has 1 atom stereocenters. The first kappa shape index (κ1) is 15.3. The second-order valence-electron chi connectivity index (χ2n) is 5.69. The standard InChI is InChI=1S/C18H19ClIN/c1-21-18(15-9-10-17(20)16(19)11-15)14-7-5-13(6-8-14)12-3-2-4-12/h5-12,18,21H,2-4H2,1H3. The molecule has 1 aliphatic rings. The van der Waals surface area contributed by atoms with Gasteiger partial charge in [-0.3, -0.25) is 0 Å². The van der Waals surface area contributed by atoms with Gasteiger partial charge in [0.2, 0.25) is 0 Å². The van der Waals surface area contributed by atoms with Crippen molar-refractivity contribution in [3.8, 4) is 0 Å². The second-order valence-corrected chi connectivity index (χ2v) is 7.26. The van der Waals surface area contributed by atoms with Gasteiger partial charge in [0.15, 0.2) is 0 Å². The van der Waals surface area contributed by atoms with E-state index in [1.807, 2.05) is 7.05 Å². The Bertz CT molecular complexity index is 620. The van der Waals surface area contributed by atoms with Gasteiger partial charge in [0.25, 0.3) is 0 Å². The molecular formula is C18H19ClIN. The lowest BCUT2D eigenvalue weighted by molar-refractivity contribution is 0.419.